The normalized spacial score (nSPS) is 28.5. The lowest BCUT2D eigenvalue weighted by Gasteiger charge is -2.31. The minimum atomic E-state index is 0.398. The number of benzene rings is 1. The van der Waals surface area contributed by atoms with E-state index in [1.165, 1.54) is 25.7 Å². The molecule has 1 spiro atoms. The predicted molar refractivity (Wildman–Crippen MR) is 53.7 cm³/mol. The highest BCUT2D eigenvalue weighted by molar-refractivity contribution is 5.42. The van der Waals surface area contributed by atoms with Crippen molar-refractivity contribution in [1.29, 1.82) is 0 Å². The maximum atomic E-state index is 6.19. The summed E-state index contributed by atoms with van der Waals surface area (Å²) in [6, 6.07) is 9.26. The number of rotatable bonds is 0. The van der Waals surface area contributed by atoms with Crippen molar-refractivity contribution < 1.29 is 0 Å². The third kappa shape index (κ3) is 0.910. The zero-order chi connectivity index (χ0) is 8.89. The molecule has 1 fully saturated rings. The van der Waals surface area contributed by atoms with Crippen LogP contribution < -0.4 is 5.73 Å². The van der Waals surface area contributed by atoms with Gasteiger partial charge < -0.3 is 5.73 Å². The van der Waals surface area contributed by atoms with Crippen LogP contribution >= 0.6 is 0 Å². The van der Waals surface area contributed by atoms with Gasteiger partial charge >= 0.3 is 0 Å². The summed E-state index contributed by atoms with van der Waals surface area (Å²) >= 11 is 0. The highest BCUT2D eigenvalue weighted by Gasteiger charge is 2.51. The van der Waals surface area contributed by atoms with E-state index in [9.17, 15) is 0 Å². The van der Waals surface area contributed by atoms with Crippen molar-refractivity contribution in [1.82, 2.24) is 0 Å². The summed E-state index contributed by atoms with van der Waals surface area (Å²) in [5.41, 5.74) is 9.68. The Kier molecular flexibility index (Phi) is 1.37. The van der Waals surface area contributed by atoms with Crippen molar-refractivity contribution in [3.63, 3.8) is 0 Å². The molecule has 0 heterocycles. The molecule has 1 aromatic carbocycles. The summed E-state index contributed by atoms with van der Waals surface area (Å²) in [5.74, 6) is 0. The van der Waals surface area contributed by atoms with Crippen molar-refractivity contribution in [3.8, 4) is 0 Å². The van der Waals surface area contributed by atoms with Crippen LogP contribution in [-0.4, -0.2) is 6.04 Å². The number of nitrogens with two attached hydrogens (primary N) is 1. The van der Waals surface area contributed by atoms with Gasteiger partial charge in [0.25, 0.3) is 0 Å². The van der Waals surface area contributed by atoms with Crippen LogP contribution in [0.2, 0.25) is 0 Å². The molecule has 1 saturated carbocycles. The zero-order valence-electron chi connectivity index (χ0n) is 7.79. The van der Waals surface area contributed by atoms with Crippen LogP contribution in [0.5, 0.6) is 0 Å². The maximum Gasteiger partial charge on any atom is 0.0140 e. The summed E-state index contributed by atoms with van der Waals surface area (Å²) in [6.45, 7) is 0. The molecular formula is C12H15N. The van der Waals surface area contributed by atoms with Crippen LogP contribution in [-0.2, 0) is 11.8 Å². The van der Waals surface area contributed by atoms with Gasteiger partial charge in [-0.1, -0.05) is 24.3 Å². The first-order valence-electron chi connectivity index (χ1n) is 5.17. The molecular weight excluding hydrogens is 158 g/mol. The summed E-state index contributed by atoms with van der Waals surface area (Å²) in [5, 5.41) is 0. The standard InChI is InChI=1S/C12H15N/c13-11-6-5-9-3-1-2-4-10(9)12(11)7-8-12/h1-4,11H,5-8,13H2. The Hall–Kier alpha value is -0.820. The van der Waals surface area contributed by atoms with Crippen LogP contribution in [0.4, 0.5) is 0 Å². The lowest BCUT2D eigenvalue weighted by atomic mass is 9.77. The SMILES string of the molecule is NC1CCc2ccccc2C12CC2. The molecule has 68 valence electrons. The van der Waals surface area contributed by atoms with E-state index in [0.29, 0.717) is 11.5 Å². The second-order valence-corrected chi connectivity index (χ2v) is 4.46. The molecule has 0 bridgehead atoms. The van der Waals surface area contributed by atoms with Gasteiger partial charge in [0.2, 0.25) is 0 Å². The van der Waals surface area contributed by atoms with E-state index in [-0.39, 0.29) is 0 Å². The number of hydrogen-bond acceptors (Lipinski definition) is 1. The van der Waals surface area contributed by atoms with E-state index in [4.69, 9.17) is 5.73 Å². The van der Waals surface area contributed by atoms with Gasteiger partial charge in [-0.25, -0.2) is 0 Å². The first kappa shape index (κ1) is 7.57. The molecule has 0 amide bonds. The van der Waals surface area contributed by atoms with Crippen molar-refractivity contribution >= 4 is 0 Å². The molecule has 1 unspecified atom stereocenters. The molecule has 1 atom stereocenters. The number of hydrogen-bond donors (Lipinski definition) is 1. The van der Waals surface area contributed by atoms with E-state index in [1.54, 1.807) is 11.1 Å². The largest absolute Gasteiger partial charge is 0.327 e. The highest BCUT2D eigenvalue weighted by atomic mass is 14.8. The van der Waals surface area contributed by atoms with Crippen molar-refractivity contribution in [2.24, 2.45) is 5.73 Å². The monoisotopic (exact) mass is 173 g/mol. The van der Waals surface area contributed by atoms with Crippen molar-refractivity contribution in [3.05, 3.63) is 35.4 Å². The topological polar surface area (TPSA) is 26.0 Å². The fourth-order valence-electron chi connectivity index (χ4n) is 2.79. The molecule has 0 aromatic heterocycles. The van der Waals surface area contributed by atoms with Gasteiger partial charge in [-0.3, -0.25) is 0 Å². The quantitative estimate of drug-likeness (QED) is 0.638. The van der Waals surface area contributed by atoms with Crippen LogP contribution in [0.1, 0.15) is 30.4 Å². The molecule has 0 saturated heterocycles. The fourth-order valence-corrected chi connectivity index (χ4v) is 2.79. The Morgan fingerprint density at radius 3 is 2.77 bits per heavy atom. The smallest absolute Gasteiger partial charge is 0.0140 e. The molecule has 1 nitrogen and oxygen atoms in total. The van der Waals surface area contributed by atoms with Gasteiger partial charge in [0, 0.05) is 11.5 Å². The molecule has 0 radical (unpaired) electrons. The van der Waals surface area contributed by atoms with Crippen LogP contribution in [0.15, 0.2) is 24.3 Å². The van der Waals surface area contributed by atoms with E-state index < -0.39 is 0 Å². The van der Waals surface area contributed by atoms with Gasteiger partial charge in [-0.2, -0.15) is 0 Å². The maximum absolute atomic E-state index is 6.19. The van der Waals surface area contributed by atoms with E-state index in [2.05, 4.69) is 24.3 Å². The number of fused-ring (bicyclic) bond motifs is 2. The lowest BCUT2D eigenvalue weighted by molar-refractivity contribution is 0.454. The van der Waals surface area contributed by atoms with Crippen LogP contribution in [0.3, 0.4) is 0 Å². The third-order valence-electron chi connectivity index (χ3n) is 3.78. The lowest BCUT2D eigenvalue weighted by Crippen LogP contribution is -2.39. The molecule has 3 rings (SSSR count). The van der Waals surface area contributed by atoms with Gasteiger partial charge in [0.1, 0.15) is 0 Å². The highest BCUT2D eigenvalue weighted by Crippen LogP contribution is 2.54. The first-order chi connectivity index (χ1) is 6.33. The molecule has 2 aliphatic rings. The molecule has 1 heteroatoms. The van der Waals surface area contributed by atoms with E-state index in [1.807, 2.05) is 0 Å². The zero-order valence-corrected chi connectivity index (χ0v) is 7.79. The van der Waals surface area contributed by atoms with Gasteiger partial charge in [0.05, 0.1) is 0 Å². The Balaban J connectivity index is 2.15. The van der Waals surface area contributed by atoms with Gasteiger partial charge in [0.15, 0.2) is 0 Å². The average molecular weight is 173 g/mol. The fraction of sp³-hybridized carbons (Fsp3) is 0.500. The van der Waals surface area contributed by atoms with E-state index in [0.717, 1.165) is 0 Å². The molecule has 0 aliphatic heterocycles. The summed E-state index contributed by atoms with van der Waals surface area (Å²) in [6.07, 6.45) is 4.98. The summed E-state index contributed by atoms with van der Waals surface area (Å²) in [7, 11) is 0. The Morgan fingerprint density at radius 1 is 1.23 bits per heavy atom. The van der Waals surface area contributed by atoms with Gasteiger partial charge in [-0.05, 0) is 36.8 Å². The third-order valence-corrected chi connectivity index (χ3v) is 3.78. The van der Waals surface area contributed by atoms with Crippen molar-refractivity contribution in [2.45, 2.75) is 37.1 Å². The van der Waals surface area contributed by atoms with Crippen LogP contribution in [0.25, 0.3) is 0 Å². The average Bonchev–Trinajstić information content (AvgIpc) is 2.94. The number of aryl methyl sites for hydroxylation is 1. The predicted octanol–water partition coefficient (Wildman–Crippen LogP) is 1.99. The second-order valence-electron chi connectivity index (χ2n) is 4.46. The molecule has 2 aliphatic carbocycles. The Labute approximate surface area is 78.9 Å². The molecule has 2 N–H and O–H groups in total. The van der Waals surface area contributed by atoms with Crippen LogP contribution in [0, 0.1) is 0 Å². The minimum absolute atomic E-state index is 0.398. The van der Waals surface area contributed by atoms with Crippen molar-refractivity contribution in [2.75, 3.05) is 0 Å². The Morgan fingerprint density at radius 2 is 2.00 bits per heavy atom. The second kappa shape index (κ2) is 2.36. The Bertz CT molecular complexity index is 339. The molecule has 1 aromatic rings. The molecule has 13 heavy (non-hydrogen) atoms. The minimum Gasteiger partial charge on any atom is -0.327 e. The summed E-state index contributed by atoms with van der Waals surface area (Å²) < 4.78 is 0. The summed E-state index contributed by atoms with van der Waals surface area (Å²) in [4.78, 5) is 0. The van der Waals surface area contributed by atoms with Gasteiger partial charge in [-0.15, -0.1) is 0 Å². The first-order valence-corrected chi connectivity index (χ1v) is 5.17. The van der Waals surface area contributed by atoms with E-state index >= 15 is 0 Å².